The van der Waals surface area contributed by atoms with Gasteiger partial charge in [-0.05, 0) is 43.7 Å². The van der Waals surface area contributed by atoms with E-state index in [1.165, 1.54) is 42.4 Å². The van der Waals surface area contributed by atoms with Crippen molar-refractivity contribution in [1.82, 2.24) is 0 Å². The second-order valence-corrected chi connectivity index (χ2v) is 6.59. The molecule has 98 valence electrons. The van der Waals surface area contributed by atoms with Gasteiger partial charge < -0.3 is 4.74 Å². The highest BCUT2D eigenvalue weighted by Gasteiger charge is 2.32. The number of alkyl halides is 1. The van der Waals surface area contributed by atoms with Gasteiger partial charge in [-0.3, -0.25) is 0 Å². The van der Waals surface area contributed by atoms with E-state index >= 15 is 0 Å². The highest BCUT2D eigenvalue weighted by Crippen LogP contribution is 2.43. The standard InChI is InChI=1S/C16H21ClO/c1-16(2)9-13-7-12(11-5-3-4-6-11)8-14(10-17)15(13)18-16/h7-8,11H,3-6,9-10H2,1-2H3. The Bertz CT molecular complexity index is 458. The van der Waals surface area contributed by atoms with Crippen LogP contribution in [0.5, 0.6) is 5.75 Å². The first-order chi connectivity index (χ1) is 8.59. The Labute approximate surface area is 114 Å². The van der Waals surface area contributed by atoms with Crippen molar-refractivity contribution >= 4 is 11.6 Å². The average molecular weight is 265 g/mol. The van der Waals surface area contributed by atoms with Gasteiger partial charge in [-0.2, -0.15) is 0 Å². The topological polar surface area (TPSA) is 9.23 Å². The van der Waals surface area contributed by atoms with E-state index in [0.29, 0.717) is 5.88 Å². The van der Waals surface area contributed by atoms with Crippen molar-refractivity contribution in [2.75, 3.05) is 0 Å². The third kappa shape index (κ3) is 2.14. The lowest BCUT2D eigenvalue weighted by Crippen LogP contribution is -2.24. The molecule has 1 heterocycles. The van der Waals surface area contributed by atoms with Crippen LogP contribution in [0.2, 0.25) is 0 Å². The summed E-state index contributed by atoms with van der Waals surface area (Å²) < 4.78 is 6.05. The highest BCUT2D eigenvalue weighted by atomic mass is 35.5. The predicted octanol–water partition coefficient (Wildman–Crippen LogP) is 4.80. The molecule has 0 bridgehead atoms. The molecule has 0 aromatic heterocycles. The Hall–Kier alpha value is -0.690. The molecule has 0 N–H and O–H groups in total. The summed E-state index contributed by atoms with van der Waals surface area (Å²) in [6.45, 7) is 4.31. The van der Waals surface area contributed by atoms with E-state index in [-0.39, 0.29) is 5.60 Å². The Morgan fingerprint density at radius 1 is 1.28 bits per heavy atom. The van der Waals surface area contributed by atoms with Gasteiger partial charge in [-0.25, -0.2) is 0 Å². The molecule has 0 amide bonds. The van der Waals surface area contributed by atoms with Crippen molar-refractivity contribution < 1.29 is 4.74 Å². The van der Waals surface area contributed by atoms with Crippen molar-refractivity contribution in [2.45, 2.75) is 63.4 Å². The summed E-state index contributed by atoms with van der Waals surface area (Å²) >= 11 is 6.10. The van der Waals surface area contributed by atoms with Gasteiger partial charge in [0.25, 0.3) is 0 Å². The highest BCUT2D eigenvalue weighted by molar-refractivity contribution is 6.17. The fraction of sp³-hybridized carbons (Fsp3) is 0.625. The van der Waals surface area contributed by atoms with Crippen molar-refractivity contribution in [3.05, 3.63) is 28.8 Å². The van der Waals surface area contributed by atoms with E-state index in [0.717, 1.165) is 18.1 Å². The Kier molecular flexibility index (Phi) is 3.05. The average Bonchev–Trinajstić information content (AvgIpc) is 2.92. The monoisotopic (exact) mass is 264 g/mol. The van der Waals surface area contributed by atoms with Crippen LogP contribution >= 0.6 is 11.6 Å². The molecule has 18 heavy (non-hydrogen) atoms. The number of rotatable bonds is 2. The molecule has 0 saturated heterocycles. The number of halogens is 1. The summed E-state index contributed by atoms with van der Waals surface area (Å²) in [5, 5.41) is 0. The molecule has 1 aromatic carbocycles. The number of hydrogen-bond acceptors (Lipinski definition) is 1. The minimum Gasteiger partial charge on any atom is -0.487 e. The Morgan fingerprint density at radius 3 is 2.67 bits per heavy atom. The summed E-state index contributed by atoms with van der Waals surface area (Å²) in [5.41, 5.74) is 3.96. The normalized spacial score (nSPS) is 21.9. The second kappa shape index (κ2) is 4.45. The molecule has 1 fully saturated rings. The SMILES string of the molecule is CC1(C)Cc2cc(C3CCCC3)cc(CCl)c2O1. The van der Waals surface area contributed by atoms with Gasteiger partial charge >= 0.3 is 0 Å². The smallest absolute Gasteiger partial charge is 0.127 e. The molecular formula is C16H21ClO. The molecule has 0 radical (unpaired) electrons. The predicted molar refractivity (Wildman–Crippen MR) is 75.6 cm³/mol. The van der Waals surface area contributed by atoms with Gasteiger partial charge in [0, 0.05) is 12.0 Å². The van der Waals surface area contributed by atoms with Crippen LogP contribution in [-0.2, 0) is 12.3 Å². The van der Waals surface area contributed by atoms with Crippen LogP contribution in [0, 0.1) is 0 Å². The zero-order chi connectivity index (χ0) is 12.8. The molecule has 0 unspecified atom stereocenters. The van der Waals surface area contributed by atoms with Gasteiger partial charge in [0.2, 0.25) is 0 Å². The number of fused-ring (bicyclic) bond motifs is 1. The second-order valence-electron chi connectivity index (χ2n) is 6.32. The molecule has 2 heteroatoms. The first-order valence-corrected chi connectivity index (χ1v) is 7.53. The van der Waals surface area contributed by atoms with Crippen LogP contribution in [0.15, 0.2) is 12.1 Å². The van der Waals surface area contributed by atoms with Crippen LogP contribution in [0.3, 0.4) is 0 Å². The lowest BCUT2D eigenvalue weighted by Gasteiger charge is -2.18. The molecule has 0 spiro atoms. The van der Waals surface area contributed by atoms with Crippen molar-refractivity contribution in [3.63, 3.8) is 0 Å². The summed E-state index contributed by atoms with van der Waals surface area (Å²) in [7, 11) is 0. The third-order valence-electron chi connectivity index (χ3n) is 4.23. The maximum atomic E-state index is 6.10. The van der Waals surface area contributed by atoms with E-state index < -0.39 is 0 Å². The summed E-state index contributed by atoms with van der Waals surface area (Å²) in [6, 6.07) is 4.65. The van der Waals surface area contributed by atoms with Crippen LogP contribution in [0.1, 0.15) is 62.1 Å². The number of hydrogen-bond donors (Lipinski definition) is 0. The van der Waals surface area contributed by atoms with E-state index in [1.54, 1.807) is 0 Å². The first kappa shape index (κ1) is 12.3. The molecule has 3 rings (SSSR count). The maximum absolute atomic E-state index is 6.10. The van der Waals surface area contributed by atoms with Gasteiger partial charge in [-0.1, -0.05) is 25.0 Å². The van der Waals surface area contributed by atoms with Crippen LogP contribution < -0.4 is 4.74 Å². The van der Waals surface area contributed by atoms with E-state index in [1.807, 2.05) is 0 Å². The van der Waals surface area contributed by atoms with E-state index in [2.05, 4.69) is 26.0 Å². The van der Waals surface area contributed by atoms with Crippen LogP contribution in [-0.4, -0.2) is 5.60 Å². The van der Waals surface area contributed by atoms with E-state index in [4.69, 9.17) is 16.3 Å². The molecule has 1 aliphatic carbocycles. The van der Waals surface area contributed by atoms with Crippen molar-refractivity contribution in [1.29, 1.82) is 0 Å². The van der Waals surface area contributed by atoms with Crippen LogP contribution in [0.25, 0.3) is 0 Å². The van der Waals surface area contributed by atoms with Gasteiger partial charge in [0.05, 0.1) is 5.88 Å². The molecule has 0 atom stereocenters. The molecule has 2 aliphatic rings. The van der Waals surface area contributed by atoms with E-state index in [9.17, 15) is 0 Å². The van der Waals surface area contributed by atoms with Crippen molar-refractivity contribution in [3.8, 4) is 5.75 Å². The third-order valence-corrected chi connectivity index (χ3v) is 4.52. The lowest BCUT2D eigenvalue weighted by atomic mass is 9.91. The summed E-state index contributed by atoms with van der Waals surface area (Å²) in [4.78, 5) is 0. The van der Waals surface area contributed by atoms with Crippen LogP contribution in [0.4, 0.5) is 0 Å². The Morgan fingerprint density at radius 2 is 2.00 bits per heavy atom. The van der Waals surface area contributed by atoms with Gasteiger partial charge in [0.1, 0.15) is 11.4 Å². The molecule has 1 aliphatic heterocycles. The largest absolute Gasteiger partial charge is 0.487 e. The zero-order valence-electron chi connectivity index (χ0n) is 11.3. The molecule has 1 nitrogen and oxygen atoms in total. The summed E-state index contributed by atoms with van der Waals surface area (Å²) in [6.07, 6.45) is 6.43. The Balaban J connectivity index is 2.00. The first-order valence-electron chi connectivity index (χ1n) is 7.00. The number of ether oxygens (including phenoxy) is 1. The number of benzene rings is 1. The summed E-state index contributed by atoms with van der Waals surface area (Å²) in [5.74, 6) is 2.36. The molecule has 1 aromatic rings. The van der Waals surface area contributed by atoms with Crippen molar-refractivity contribution in [2.24, 2.45) is 0 Å². The van der Waals surface area contributed by atoms with Gasteiger partial charge in [0.15, 0.2) is 0 Å². The zero-order valence-corrected chi connectivity index (χ0v) is 12.0. The van der Waals surface area contributed by atoms with Gasteiger partial charge in [-0.15, -0.1) is 11.6 Å². The minimum absolute atomic E-state index is 0.0720. The fourth-order valence-corrected chi connectivity index (χ4v) is 3.61. The fourth-order valence-electron chi connectivity index (χ4n) is 3.41. The molecular weight excluding hydrogens is 244 g/mol. The lowest BCUT2D eigenvalue weighted by molar-refractivity contribution is 0.137. The molecule has 1 saturated carbocycles. The maximum Gasteiger partial charge on any atom is 0.127 e. The quantitative estimate of drug-likeness (QED) is 0.698. The minimum atomic E-state index is -0.0720.